The lowest BCUT2D eigenvalue weighted by Crippen LogP contribution is -2.44. The van der Waals surface area contributed by atoms with Gasteiger partial charge in [-0.1, -0.05) is 24.3 Å². The highest BCUT2D eigenvalue weighted by Gasteiger charge is 2.27. The van der Waals surface area contributed by atoms with Crippen LogP contribution < -0.4 is 5.32 Å². The molecular formula is C26H31N3O3S2. The summed E-state index contributed by atoms with van der Waals surface area (Å²) < 4.78 is 7.53. The molecule has 1 atom stereocenters. The zero-order chi connectivity index (χ0) is 24.6. The summed E-state index contributed by atoms with van der Waals surface area (Å²) in [6.07, 6.45) is 12.0. The van der Waals surface area contributed by atoms with Crippen LogP contribution in [0.3, 0.4) is 0 Å². The second kappa shape index (κ2) is 12.0. The van der Waals surface area contributed by atoms with Crippen molar-refractivity contribution < 1.29 is 14.3 Å². The van der Waals surface area contributed by atoms with Crippen LogP contribution >= 0.6 is 23.1 Å². The summed E-state index contributed by atoms with van der Waals surface area (Å²) in [6, 6.07) is 9.00. The van der Waals surface area contributed by atoms with Gasteiger partial charge in [-0.3, -0.25) is 4.79 Å². The van der Waals surface area contributed by atoms with Crippen LogP contribution in [-0.4, -0.2) is 45.1 Å². The number of aromatic nitrogens is 2. The highest BCUT2D eigenvalue weighted by molar-refractivity contribution is 7.98. The lowest BCUT2D eigenvalue weighted by Gasteiger charge is -2.24. The van der Waals surface area contributed by atoms with Crippen molar-refractivity contribution in [3.63, 3.8) is 0 Å². The number of carbonyl (C=O) groups excluding carboxylic acids is 2. The molecule has 2 aromatic heterocycles. The predicted octanol–water partition coefficient (Wildman–Crippen LogP) is 5.52. The Morgan fingerprint density at radius 2 is 2.12 bits per heavy atom. The Morgan fingerprint density at radius 3 is 2.76 bits per heavy atom. The summed E-state index contributed by atoms with van der Waals surface area (Å²) in [7, 11) is 0. The molecule has 6 nitrogen and oxygen atoms in total. The number of amides is 1. The standard InChI is InChI=1S/C26H31N3O3S2/c1-26(2,3)32-25(31)22(11-16-33-4)28-24(30)20-10-9-19(7-5-13-29-14-12-27-18-29)17-21(20)23-8-6-15-34-23/h5-10,12,14-15,17-18,22H,11,13,16H2,1-4H3,(H,28,30)/b7-5+/t22-/m0/s1. The van der Waals surface area contributed by atoms with Gasteiger partial charge >= 0.3 is 5.97 Å². The summed E-state index contributed by atoms with van der Waals surface area (Å²) in [5, 5.41) is 4.91. The minimum Gasteiger partial charge on any atom is -0.458 e. The first-order chi connectivity index (χ1) is 16.3. The average molecular weight is 498 g/mol. The Kier molecular flexibility index (Phi) is 9.12. The molecule has 1 N–H and O–H groups in total. The molecule has 0 aliphatic heterocycles. The topological polar surface area (TPSA) is 73.2 Å². The summed E-state index contributed by atoms with van der Waals surface area (Å²) in [4.78, 5) is 31.1. The van der Waals surface area contributed by atoms with Crippen LogP contribution in [0.5, 0.6) is 0 Å². The average Bonchev–Trinajstić information content (AvgIpc) is 3.49. The number of thioether (sulfide) groups is 1. The van der Waals surface area contributed by atoms with E-state index < -0.39 is 17.6 Å². The third-order valence-corrected chi connectivity index (χ3v) is 6.41. The van der Waals surface area contributed by atoms with E-state index in [1.807, 2.05) is 79.6 Å². The number of hydrogen-bond acceptors (Lipinski definition) is 6. The predicted molar refractivity (Wildman–Crippen MR) is 141 cm³/mol. The number of nitrogens with zero attached hydrogens (tertiary/aromatic N) is 2. The van der Waals surface area contributed by atoms with E-state index in [-0.39, 0.29) is 5.91 Å². The number of imidazole rings is 1. The Hall–Kier alpha value is -2.84. The zero-order valence-corrected chi connectivity index (χ0v) is 21.6. The van der Waals surface area contributed by atoms with Crippen molar-refractivity contribution in [3.05, 3.63) is 71.6 Å². The first-order valence-corrected chi connectivity index (χ1v) is 13.4. The SMILES string of the molecule is CSCC[C@H](NC(=O)c1ccc(/C=C/Cn2ccnc2)cc1-c1cccs1)C(=O)OC(C)(C)C. The smallest absolute Gasteiger partial charge is 0.329 e. The third-order valence-electron chi connectivity index (χ3n) is 4.87. The van der Waals surface area contributed by atoms with Gasteiger partial charge in [0, 0.05) is 34.9 Å². The normalized spacial score (nSPS) is 12.6. The number of hydrogen-bond donors (Lipinski definition) is 1. The molecule has 0 aliphatic carbocycles. The fourth-order valence-corrected chi connectivity index (χ4v) is 4.53. The van der Waals surface area contributed by atoms with Gasteiger partial charge in [0.2, 0.25) is 0 Å². The van der Waals surface area contributed by atoms with Crippen LogP contribution in [0.25, 0.3) is 16.5 Å². The maximum atomic E-state index is 13.3. The van der Waals surface area contributed by atoms with E-state index in [0.29, 0.717) is 18.5 Å². The molecule has 0 fully saturated rings. The maximum absolute atomic E-state index is 13.3. The van der Waals surface area contributed by atoms with E-state index in [4.69, 9.17) is 4.74 Å². The molecule has 0 spiro atoms. The van der Waals surface area contributed by atoms with Gasteiger partial charge in [0.25, 0.3) is 5.91 Å². The number of rotatable bonds is 10. The van der Waals surface area contributed by atoms with Crippen LogP contribution in [0.4, 0.5) is 0 Å². The summed E-state index contributed by atoms with van der Waals surface area (Å²) >= 11 is 3.20. The third kappa shape index (κ3) is 7.60. The highest BCUT2D eigenvalue weighted by atomic mass is 32.2. The molecule has 0 aliphatic rings. The van der Waals surface area contributed by atoms with Gasteiger partial charge in [0.1, 0.15) is 11.6 Å². The molecule has 0 radical (unpaired) electrons. The van der Waals surface area contributed by atoms with Crippen molar-refractivity contribution in [1.82, 2.24) is 14.9 Å². The second-order valence-corrected chi connectivity index (χ2v) is 10.7. The molecule has 2 heterocycles. The molecule has 3 aromatic rings. The first kappa shape index (κ1) is 25.8. The van der Waals surface area contributed by atoms with E-state index >= 15 is 0 Å². The Labute approximate surface area is 209 Å². The molecule has 8 heteroatoms. The number of allylic oxidation sites excluding steroid dienone is 1. The van der Waals surface area contributed by atoms with Crippen molar-refractivity contribution in [2.45, 2.75) is 45.4 Å². The van der Waals surface area contributed by atoms with Crippen molar-refractivity contribution in [2.24, 2.45) is 0 Å². The van der Waals surface area contributed by atoms with Crippen molar-refractivity contribution >= 4 is 41.1 Å². The summed E-state index contributed by atoms with van der Waals surface area (Å²) in [5.74, 6) is 0.0451. The Balaban J connectivity index is 1.83. The number of thiophene rings is 1. The molecule has 180 valence electrons. The lowest BCUT2D eigenvalue weighted by molar-refractivity contribution is -0.157. The van der Waals surface area contributed by atoms with E-state index in [9.17, 15) is 9.59 Å². The van der Waals surface area contributed by atoms with Gasteiger partial charge in [0.05, 0.1) is 6.33 Å². The molecule has 0 bridgehead atoms. The van der Waals surface area contributed by atoms with Crippen molar-refractivity contribution in [1.29, 1.82) is 0 Å². The number of ether oxygens (including phenoxy) is 1. The van der Waals surface area contributed by atoms with Crippen LogP contribution in [0.2, 0.25) is 0 Å². The minimum absolute atomic E-state index is 0.283. The molecule has 0 saturated heterocycles. The lowest BCUT2D eigenvalue weighted by atomic mass is 10.0. The van der Waals surface area contributed by atoms with Crippen LogP contribution in [-0.2, 0) is 16.1 Å². The van der Waals surface area contributed by atoms with Crippen molar-refractivity contribution in [3.8, 4) is 10.4 Å². The van der Waals surface area contributed by atoms with Gasteiger partial charge in [-0.2, -0.15) is 11.8 Å². The zero-order valence-electron chi connectivity index (χ0n) is 20.0. The largest absolute Gasteiger partial charge is 0.458 e. The van der Waals surface area contributed by atoms with E-state index in [0.717, 1.165) is 21.8 Å². The molecule has 34 heavy (non-hydrogen) atoms. The Bertz CT molecular complexity index is 1100. The van der Waals surface area contributed by atoms with Crippen LogP contribution in [0.15, 0.2) is 60.5 Å². The second-order valence-electron chi connectivity index (χ2n) is 8.79. The quantitative estimate of drug-likeness (QED) is 0.374. The van der Waals surface area contributed by atoms with Gasteiger partial charge in [-0.15, -0.1) is 11.3 Å². The van der Waals surface area contributed by atoms with E-state index in [1.165, 1.54) is 0 Å². The molecule has 1 amide bonds. The van der Waals surface area contributed by atoms with Gasteiger partial charge < -0.3 is 14.6 Å². The van der Waals surface area contributed by atoms with Gasteiger partial charge in [-0.25, -0.2) is 9.78 Å². The summed E-state index contributed by atoms with van der Waals surface area (Å²) in [5.41, 5.74) is 1.75. The first-order valence-electron chi connectivity index (χ1n) is 11.1. The van der Waals surface area contributed by atoms with E-state index in [2.05, 4.69) is 16.4 Å². The summed E-state index contributed by atoms with van der Waals surface area (Å²) in [6.45, 7) is 6.19. The van der Waals surface area contributed by atoms with Crippen LogP contribution in [0.1, 0.15) is 43.1 Å². The monoisotopic (exact) mass is 497 g/mol. The molecule has 0 saturated carbocycles. The molecular weight excluding hydrogens is 466 g/mol. The minimum atomic E-state index is -0.704. The fraction of sp³-hybridized carbons (Fsp3) is 0.346. The molecule has 1 aromatic carbocycles. The van der Waals surface area contributed by atoms with Gasteiger partial charge in [-0.05, 0) is 68.3 Å². The van der Waals surface area contributed by atoms with Crippen LogP contribution in [0, 0.1) is 0 Å². The number of esters is 1. The molecule has 0 unspecified atom stereocenters. The molecule has 3 rings (SSSR count). The number of benzene rings is 1. The Morgan fingerprint density at radius 1 is 1.29 bits per heavy atom. The van der Waals surface area contributed by atoms with Gasteiger partial charge in [0.15, 0.2) is 0 Å². The van der Waals surface area contributed by atoms with E-state index in [1.54, 1.807) is 35.6 Å². The van der Waals surface area contributed by atoms with Crippen molar-refractivity contribution in [2.75, 3.05) is 12.0 Å². The fourth-order valence-electron chi connectivity index (χ4n) is 3.30. The number of nitrogens with one attached hydrogen (secondary N) is 1. The maximum Gasteiger partial charge on any atom is 0.329 e. The number of carbonyl (C=O) groups is 2. The highest BCUT2D eigenvalue weighted by Crippen LogP contribution is 2.30.